The molecule has 13 nitrogen and oxygen atoms in total. The highest BCUT2D eigenvalue weighted by atomic mass is 31.2. The van der Waals surface area contributed by atoms with Crippen LogP contribution >= 0.6 is 15.2 Å². The number of nitrogens with one attached hydrogen (secondary N) is 2. The van der Waals surface area contributed by atoms with Crippen LogP contribution < -0.4 is 10.6 Å². The molecular formula is C14H34N2O11P2Si. The van der Waals surface area contributed by atoms with Crippen molar-refractivity contribution in [3.05, 3.63) is 0 Å². The van der Waals surface area contributed by atoms with Gasteiger partial charge in [-0.05, 0) is 33.6 Å². The van der Waals surface area contributed by atoms with Crippen LogP contribution in [-0.2, 0) is 22.4 Å². The molecule has 0 aliphatic heterocycles. The lowest BCUT2D eigenvalue weighted by atomic mass is 10.3. The molecule has 30 heavy (non-hydrogen) atoms. The second-order valence-electron chi connectivity index (χ2n) is 6.23. The maximum atomic E-state index is 11.8. The summed E-state index contributed by atoms with van der Waals surface area (Å²) in [4.78, 5) is 48.0. The van der Waals surface area contributed by atoms with Crippen LogP contribution in [0.15, 0.2) is 0 Å². The van der Waals surface area contributed by atoms with Crippen LogP contribution in [0.25, 0.3) is 0 Å². The van der Waals surface area contributed by atoms with Crippen molar-refractivity contribution in [2.45, 2.75) is 51.2 Å². The van der Waals surface area contributed by atoms with Gasteiger partial charge in [0.1, 0.15) is 0 Å². The highest BCUT2D eigenvalue weighted by molar-refractivity contribution is 7.72. The molecule has 0 bridgehead atoms. The topological polar surface area (TPSA) is 204 Å². The number of carbonyl (C=O) groups is 1. The lowest BCUT2D eigenvalue weighted by Crippen LogP contribution is -2.46. The van der Waals surface area contributed by atoms with Crippen LogP contribution in [0.2, 0.25) is 6.04 Å². The SMILES string of the molecule is CCO[Si](CCCNC(=O)NCCCC(O)(P(=O)(O)O)P(=O)(O)O)(OCC)OCC. The summed E-state index contributed by atoms with van der Waals surface area (Å²) in [5.41, 5.74) is 0. The Balaban J connectivity index is 4.41. The van der Waals surface area contributed by atoms with Crippen molar-refractivity contribution in [3.8, 4) is 0 Å². The molecule has 180 valence electrons. The van der Waals surface area contributed by atoms with Gasteiger partial charge in [-0.3, -0.25) is 9.13 Å². The summed E-state index contributed by atoms with van der Waals surface area (Å²) in [6, 6.07) is -0.0807. The molecule has 0 aliphatic carbocycles. The lowest BCUT2D eigenvalue weighted by molar-refractivity contribution is 0.0708. The Hall–Kier alpha value is -0.373. The molecule has 0 radical (unpaired) electrons. The van der Waals surface area contributed by atoms with Crippen molar-refractivity contribution in [3.63, 3.8) is 0 Å². The maximum absolute atomic E-state index is 11.8. The Bertz CT molecular complexity index is 574. The first-order valence-corrected chi connectivity index (χ1v) is 14.7. The fraction of sp³-hybridized carbons (Fsp3) is 0.929. The van der Waals surface area contributed by atoms with E-state index in [2.05, 4.69) is 10.6 Å². The van der Waals surface area contributed by atoms with Gasteiger partial charge in [-0.2, -0.15) is 0 Å². The van der Waals surface area contributed by atoms with Crippen LogP contribution in [0, 0.1) is 0 Å². The third-order valence-corrected chi connectivity index (χ3v) is 11.0. The monoisotopic (exact) mass is 496 g/mol. The van der Waals surface area contributed by atoms with E-state index >= 15 is 0 Å². The molecule has 0 aromatic heterocycles. The lowest BCUT2D eigenvalue weighted by Gasteiger charge is -2.29. The third kappa shape index (κ3) is 9.41. The molecule has 16 heteroatoms. The van der Waals surface area contributed by atoms with E-state index in [9.17, 15) is 19.0 Å². The standard InChI is InChI=1S/C14H34N2O11P2Si/c1-4-25-30(26-5-2,27-6-3)12-8-11-16-13(17)15-10-7-9-14(18,28(19,20)21)29(22,23)24/h18H,4-12H2,1-3H3,(H2,15,16,17)(H2,19,20,21)(H2,22,23,24). The van der Waals surface area contributed by atoms with E-state index in [1.54, 1.807) is 0 Å². The minimum Gasteiger partial charge on any atom is -0.374 e. The molecule has 0 unspecified atom stereocenters. The van der Waals surface area contributed by atoms with Crippen LogP contribution in [0.1, 0.15) is 40.0 Å². The highest BCUT2D eigenvalue weighted by Gasteiger charge is 2.58. The zero-order chi connectivity index (χ0) is 23.5. The second kappa shape index (κ2) is 13.2. The molecule has 0 rings (SSSR count). The van der Waals surface area contributed by atoms with Crippen LogP contribution in [0.5, 0.6) is 0 Å². The third-order valence-electron chi connectivity index (χ3n) is 3.95. The molecule has 0 fully saturated rings. The summed E-state index contributed by atoms with van der Waals surface area (Å²) in [7, 11) is -13.8. The van der Waals surface area contributed by atoms with Gasteiger partial charge in [0, 0.05) is 45.4 Å². The fourth-order valence-electron chi connectivity index (χ4n) is 2.56. The average Bonchev–Trinajstić information content (AvgIpc) is 2.61. The Morgan fingerprint density at radius 1 is 0.867 bits per heavy atom. The van der Waals surface area contributed by atoms with E-state index in [1.807, 2.05) is 20.8 Å². The number of hydrogen-bond acceptors (Lipinski definition) is 7. The molecule has 0 aromatic carbocycles. The summed E-state index contributed by atoms with van der Waals surface area (Å²) in [6.45, 7) is 6.95. The van der Waals surface area contributed by atoms with E-state index in [4.69, 9.17) is 32.9 Å². The Morgan fingerprint density at radius 3 is 1.63 bits per heavy atom. The summed E-state index contributed by atoms with van der Waals surface area (Å²) in [6.07, 6.45) is -0.641. The second-order valence-corrected chi connectivity index (χ2v) is 13.0. The largest absolute Gasteiger partial charge is 0.500 e. The number of aliphatic hydroxyl groups is 1. The number of rotatable bonds is 16. The average molecular weight is 496 g/mol. The molecule has 0 atom stereocenters. The number of carbonyl (C=O) groups excluding carboxylic acids is 1. The number of amides is 2. The first-order chi connectivity index (χ1) is 13.8. The Kier molecular flexibility index (Phi) is 13.1. The molecule has 0 spiro atoms. The predicted molar refractivity (Wildman–Crippen MR) is 110 cm³/mol. The Labute approximate surface area is 177 Å². The first kappa shape index (κ1) is 29.6. The summed E-state index contributed by atoms with van der Waals surface area (Å²) >= 11 is 0. The van der Waals surface area contributed by atoms with Crippen molar-refractivity contribution in [2.75, 3.05) is 32.9 Å². The van der Waals surface area contributed by atoms with Gasteiger partial charge in [-0.25, -0.2) is 4.79 Å². The van der Waals surface area contributed by atoms with Crippen LogP contribution in [-0.4, -0.2) is 77.5 Å². The van der Waals surface area contributed by atoms with E-state index in [-0.39, 0.29) is 19.5 Å². The van der Waals surface area contributed by atoms with E-state index in [1.165, 1.54) is 0 Å². The van der Waals surface area contributed by atoms with Gasteiger partial charge < -0.3 is 48.6 Å². The van der Waals surface area contributed by atoms with Crippen LogP contribution in [0.4, 0.5) is 4.79 Å². The molecule has 0 heterocycles. The molecular weight excluding hydrogens is 462 g/mol. The van der Waals surface area contributed by atoms with Crippen LogP contribution in [0.3, 0.4) is 0 Å². The van der Waals surface area contributed by atoms with Gasteiger partial charge in [0.15, 0.2) is 0 Å². The minimum absolute atomic E-state index is 0.163. The highest BCUT2D eigenvalue weighted by Crippen LogP contribution is 2.69. The van der Waals surface area contributed by atoms with Gasteiger partial charge in [-0.15, -0.1) is 0 Å². The van der Waals surface area contributed by atoms with Gasteiger partial charge in [0.2, 0.25) is 0 Å². The van der Waals surface area contributed by atoms with Crippen molar-refractivity contribution in [1.82, 2.24) is 10.6 Å². The van der Waals surface area contributed by atoms with Gasteiger partial charge in [0.25, 0.3) is 5.08 Å². The number of urea groups is 1. The van der Waals surface area contributed by atoms with Crippen molar-refractivity contribution < 1.29 is 51.9 Å². The normalized spacial score (nSPS) is 13.3. The first-order valence-electron chi connectivity index (χ1n) is 9.55. The molecule has 7 N–H and O–H groups in total. The molecule has 0 aliphatic rings. The molecule has 2 amide bonds. The summed E-state index contributed by atoms with van der Waals surface area (Å²) in [5.74, 6) is 0. The van der Waals surface area contributed by atoms with E-state index in [0.29, 0.717) is 32.3 Å². The molecule has 0 aromatic rings. The van der Waals surface area contributed by atoms with Crippen molar-refractivity contribution >= 4 is 30.0 Å². The predicted octanol–water partition coefficient (Wildman–Crippen LogP) is 0.506. The maximum Gasteiger partial charge on any atom is 0.500 e. The van der Waals surface area contributed by atoms with Gasteiger partial charge in [-0.1, -0.05) is 0 Å². The van der Waals surface area contributed by atoms with Gasteiger partial charge >= 0.3 is 30.0 Å². The fourth-order valence-corrected chi connectivity index (χ4v) is 7.43. The summed E-state index contributed by atoms with van der Waals surface area (Å²) in [5, 5.41) is 11.2. The summed E-state index contributed by atoms with van der Waals surface area (Å²) < 4.78 is 39.6. The van der Waals surface area contributed by atoms with Crippen molar-refractivity contribution in [2.24, 2.45) is 0 Å². The zero-order valence-electron chi connectivity index (χ0n) is 17.4. The van der Waals surface area contributed by atoms with E-state index in [0.717, 1.165) is 0 Å². The Morgan fingerprint density at radius 2 is 1.27 bits per heavy atom. The van der Waals surface area contributed by atoms with Crippen molar-refractivity contribution in [1.29, 1.82) is 0 Å². The quantitative estimate of drug-likeness (QED) is 0.0890. The minimum atomic E-state index is -5.50. The molecule has 0 saturated carbocycles. The van der Waals surface area contributed by atoms with E-state index < -0.39 is 41.5 Å². The molecule has 0 saturated heterocycles. The smallest absolute Gasteiger partial charge is 0.374 e. The van der Waals surface area contributed by atoms with Gasteiger partial charge in [0.05, 0.1) is 0 Å². The zero-order valence-corrected chi connectivity index (χ0v) is 20.2. The number of hydrogen-bond donors (Lipinski definition) is 7.